The molecule has 0 aromatic heterocycles. The van der Waals surface area contributed by atoms with Crippen molar-refractivity contribution < 1.29 is 4.74 Å². The van der Waals surface area contributed by atoms with Crippen LogP contribution >= 0.6 is 15.9 Å². The Morgan fingerprint density at radius 3 is 2.45 bits per heavy atom. The van der Waals surface area contributed by atoms with Crippen LogP contribution in [0, 0.1) is 12.8 Å². The van der Waals surface area contributed by atoms with Gasteiger partial charge in [0.15, 0.2) is 0 Å². The molecular weight excluding hydrogens is 316 g/mol. The lowest BCUT2D eigenvalue weighted by Crippen LogP contribution is -2.41. The molecule has 0 bridgehead atoms. The zero-order valence-electron chi connectivity index (χ0n) is 13.0. The molecule has 0 spiro atoms. The van der Waals surface area contributed by atoms with Gasteiger partial charge in [-0.05, 0) is 58.2 Å². The van der Waals surface area contributed by atoms with E-state index in [2.05, 4.69) is 74.2 Å². The maximum absolute atomic E-state index is 6.21. The molecule has 1 aliphatic rings. The summed E-state index contributed by atoms with van der Waals surface area (Å²) in [5, 5.41) is 0. The number of benzene rings is 1. The van der Waals surface area contributed by atoms with Crippen molar-refractivity contribution in [3.8, 4) is 0 Å². The van der Waals surface area contributed by atoms with Crippen molar-refractivity contribution in [1.82, 2.24) is 5.43 Å². The molecule has 0 amide bonds. The average Bonchev–Trinajstić information content (AvgIpc) is 2.51. The summed E-state index contributed by atoms with van der Waals surface area (Å²) in [6, 6.07) is 6.47. The molecule has 2 unspecified atom stereocenters. The number of halogens is 1. The first-order valence-corrected chi connectivity index (χ1v) is 7.88. The highest BCUT2D eigenvalue weighted by Gasteiger charge is 2.49. The summed E-state index contributed by atoms with van der Waals surface area (Å²) >= 11 is 3.67. The van der Waals surface area contributed by atoms with Crippen LogP contribution in [0.5, 0.6) is 0 Å². The third kappa shape index (κ3) is 3.08. The number of nitrogens with two attached hydrogens (primary N) is 1. The fraction of sp³-hybridized carbons (Fsp3) is 0.625. The van der Waals surface area contributed by atoms with Gasteiger partial charge in [-0.25, -0.2) is 0 Å². The minimum Gasteiger partial charge on any atom is -0.369 e. The van der Waals surface area contributed by atoms with Crippen LogP contribution in [0.2, 0.25) is 0 Å². The third-order valence-corrected chi connectivity index (χ3v) is 4.90. The Morgan fingerprint density at radius 1 is 1.35 bits per heavy atom. The highest BCUT2D eigenvalue weighted by molar-refractivity contribution is 9.10. The van der Waals surface area contributed by atoms with Crippen LogP contribution in [0.25, 0.3) is 0 Å². The minimum atomic E-state index is -0.204. The molecule has 1 fully saturated rings. The predicted octanol–water partition coefficient (Wildman–Crippen LogP) is 3.86. The Hall–Kier alpha value is -0.420. The van der Waals surface area contributed by atoms with Gasteiger partial charge >= 0.3 is 0 Å². The van der Waals surface area contributed by atoms with Crippen molar-refractivity contribution >= 4 is 15.9 Å². The highest BCUT2D eigenvalue weighted by atomic mass is 79.9. The highest BCUT2D eigenvalue weighted by Crippen LogP contribution is 2.48. The Labute approximate surface area is 130 Å². The Morgan fingerprint density at radius 2 is 2.00 bits per heavy atom. The number of hydrogen-bond donors (Lipinski definition) is 2. The van der Waals surface area contributed by atoms with Gasteiger partial charge in [0.25, 0.3) is 0 Å². The topological polar surface area (TPSA) is 47.3 Å². The molecule has 1 aliphatic heterocycles. The first-order valence-electron chi connectivity index (χ1n) is 7.09. The van der Waals surface area contributed by atoms with E-state index in [1.165, 1.54) is 11.1 Å². The summed E-state index contributed by atoms with van der Waals surface area (Å²) in [6.07, 6.45) is 0.981. The van der Waals surface area contributed by atoms with Crippen LogP contribution in [0.1, 0.15) is 51.3 Å². The average molecular weight is 341 g/mol. The number of hydrogen-bond acceptors (Lipinski definition) is 3. The summed E-state index contributed by atoms with van der Waals surface area (Å²) in [5.41, 5.74) is 5.12. The molecule has 4 heteroatoms. The lowest BCUT2D eigenvalue weighted by atomic mass is 9.79. The number of ether oxygens (including phenoxy) is 1. The van der Waals surface area contributed by atoms with E-state index in [9.17, 15) is 0 Å². The molecule has 1 saturated heterocycles. The minimum absolute atomic E-state index is 0.0711. The van der Waals surface area contributed by atoms with Crippen LogP contribution in [-0.2, 0) is 4.74 Å². The Kier molecular flexibility index (Phi) is 4.32. The van der Waals surface area contributed by atoms with Crippen molar-refractivity contribution in [1.29, 1.82) is 0 Å². The molecule has 20 heavy (non-hydrogen) atoms. The van der Waals surface area contributed by atoms with Crippen LogP contribution in [-0.4, -0.2) is 11.2 Å². The molecule has 3 nitrogen and oxygen atoms in total. The fourth-order valence-electron chi connectivity index (χ4n) is 3.43. The van der Waals surface area contributed by atoms with E-state index in [1.54, 1.807) is 0 Å². The molecule has 1 aromatic carbocycles. The summed E-state index contributed by atoms with van der Waals surface area (Å²) in [7, 11) is 0. The third-order valence-electron chi connectivity index (χ3n) is 4.22. The lowest BCUT2D eigenvalue weighted by Gasteiger charge is -2.33. The molecule has 2 rings (SSSR count). The Balaban J connectivity index is 2.37. The fourth-order valence-corrected chi connectivity index (χ4v) is 4.17. The summed E-state index contributed by atoms with van der Waals surface area (Å²) < 4.78 is 7.30. The normalized spacial score (nSPS) is 25.6. The quantitative estimate of drug-likeness (QED) is 0.648. The number of rotatable bonds is 3. The van der Waals surface area contributed by atoms with Crippen molar-refractivity contribution in [3.63, 3.8) is 0 Å². The zero-order chi connectivity index (χ0) is 15.1. The van der Waals surface area contributed by atoms with E-state index in [1.807, 2.05) is 0 Å². The van der Waals surface area contributed by atoms with Gasteiger partial charge in [0.2, 0.25) is 0 Å². The predicted molar refractivity (Wildman–Crippen MR) is 86.3 cm³/mol. The second-order valence-electron chi connectivity index (χ2n) is 6.95. The first-order chi connectivity index (χ1) is 9.16. The van der Waals surface area contributed by atoms with E-state index >= 15 is 0 Å². The second kappa shape index (κ2) is 5.41. The molecule has 1 aromatic rings. The molecule has 112 valence electrons. The van der Waals surface area contributed by atoms with Gasteiger partial charge in [-0.15, -0.1) is 0 Å². The van der Waals surface area contributed by atoms with E-state index in [0.29, 0.717) is 5.92 Å². The van der Waals surface area contributed by atoms with Crippen LogP contribution in [0.15, 0.2) is 22.7 Å². The maximum Gasteiger partial charge on any atom is 0.0681 e. The van der Waals surface area contributed by atoms with E-state index in [-0.39, 0.29) is 17.2 Å². The van der Waals surface area contributed by atoms with Crippen LogP contribution in [0.4, 0.5) is 0 Å². The molecule has 3 N–H and O–H groups in total. The molecular formula is C16H25BrN2O. The molecule has 0 aliphatic carbocycles. The largest absolute Gasteiger partial charge is 0.369 e. The van der Waals surface area contributed by atoms with Gasteiger partial charge < -0.3 is 4.74 Å². The maximum atomic E-state index is 6.21. The van der Waals surface area contributed by atoms with Crippen LogP contribution in [0.3, 0.4) is 0 Å². The summed E-state index contributed by atoms with van der Waals surface area (Å²) in [5.74, 6) is 6.20. The number of hydrazine groups is 1. The van der Waals surface area contributed by atoms with Gasteiger partial charge in [-0.3, -0.25) is 11.3 Å². The number of nitrogens with one attached hydrogen (secondary N) is 1. The summed E-state index contributed by atoms with van der Waals surface area (Å²) in [6.45, 7) is 10.7. The lowest BCUT2D eigenvalue weighted by molar-refractivity contribution is -0.0779. The second-order valence-corrected chi connectivity index (χ2v) is 7.80. The van der Waals surface area contributed by atoms with Crippen LogP contribution < -0.4 is 11.3 Å². The van der Waals surface area contributed by atoms with E-state index < -0.39 is 0 Å². The zero-order valence-corrected chi connectivity index (χ0v) is 14.5. The van der Waals surface area contributed by atoms with Crippen molar-refractivity contribution in [2.24, 2.45) is 11.8 Å². The standard InChI is InChI=1S/C16H25BrN2O/c1-10-6-7-11(13(17)8-10)14(19-18)12-9-15(2,3)20-16(12,4)5/h6-8,12,14,19H,9,18H2,1-5H3. The van der Waals surface area contributed by atoms with E-state index in [0.717, 1.165) is 10.9 Å². The van der Waals surface area contributed by atoms with Gasteiger partial charge in [0.1, 0.15) is 0 Å². The van der Waals surface area contributed by atoms with Gasteiger partial charge in [0, 0.05) is 10.4 Å². The van der Waals surface area contributed by atoms with Crippen molar-refractivity contribution in [2.45, 2.75) is 58.3 Å². The van der Waals surface area contributed by atoms with Crippen molar-refractivity contribution in [2.75, 3.05) is 0 Å². The molecule has 0 radical (unpaired) electrons. The van der Waals surface area contributed by atoms with Gasteiger partial charge in [-0.2, -0.15) is 0 Å². The van der Waals surface area contributed by atoms with Gasteiger partial charge in [0.05, 0.1) is 17.2 Å². The smallest absolute Gasteiger partial charge is 0.0681 e. The monoisotopic (exact) mass is 340 g/mol. The summed E-state index contributed by atoms with van der Waals surface area (Å²) in [4.78, 5) is 0. The van der Waals surface area contributed by atoms with E-state index in [4.69, 9.17) is 10.6 Å². The van der Waals surface area contributed by atoms with Gasteiger partial charge in [-0.1, -0.05) is 28.1 Å². The molecule has 0 saturated carbocycles. The SMILES string of the molecule is Cc1ccc(C(NN)C2CC(C)(C)OC2(C)C)c(Br)c1. The Bertz CT molecular complexity index is 499. The number of aryl methyl sites for hydroxylation is 1. The molecule has 1 heterocycles. The molecule has 2 atom stereocenters. The first kappa shape index (κ1) is 16.0. The van der Waals surface area contributed by atoms with Crippen molar-refractivity contribution in [3.05, 3.63) is 33.8 Å².